The quantitative estimate of drug-likeness (QED) is 0.778. The molecule has 3 heteroatoms. The average Bonchev–Trinajstić information content (AvgIpc) is 2.30. The van der Waals surface area contributed by atoms with Crippen molar-refractivity contribution in [3.63, 3.8) is 0 Å². The van der Waals surface area contributed by atoms with Crippen LogP contribution in [-0.4, -0.2) is 38.0 Å². The summed E-state index contributed by atoms with van der Waals surface area (Å²) in [6, 6.07) is 10.2. The summed E-state index contributed by atoms with van der Waals surface area (Å²) in [5.41, 5.74) is 1.26. The van der Waals surface area contributed by atoms with Crippen LogP contribution >= 0.6 is 0 Å². The highest BCUT2D eigenvalue weighted by molar-refractivity contribution is 5.75. The van der Waals surface area contributed by atoms with Gasteiger partial charge in [-0.3, -0.25) is 4.79 Å². The number of hydrogen-bond donors (Lipinski definition) is 1. The van der Waals surface area contributed by atoms with E-state index < -0.39 is 0 Å². The maximum absolute atomic E-state index is 11.5. The van der Waals surface area contributed by atoms with Crippen molar-refractivity contribution in [2.45, 2.75) is 19.3 Å². The maximum Gasteiger partial charge on any atom is 0.220 e. The van der Waals surface area contributed by atoms with Crippen LogP contribution in [0.5, 0.6) is 0 Å². The highest BCUT2D eigenvalue weighted by atomic mass is 16.1. The van der Waals surface area contributed by atoms with Crippen molar-refractivity contribution in [1.82, 2.24) is 10.2 Å². The van der Waals surface area contributed by atoms with E-state index in [1.807, 2.05) is 32.3 Å². The summed E-state index contributed by atoms with van der Waals surface area (Å²) in [5, 5.41) is 2.95. The Labute approximate surface area is 104 Å². The van der Waals surface area contributed by atoms with Crippen LogP contribution in [0.1, 0.15) is 18.4 Å². The third-order valence-corrected chi connectivity index (χ3v) is 2.59. The molecule has 1 amide bonds. The summed E-state index contributed by atoms with van der Waals surface area (Å²) >= 11 is 0. The van der Waals surface area contributed by atoms with Crippen molar-refractivity contribution in [3.8, 4) is 0 Å². The molecule has 1 aromatic carbocycles. The van der Waals surface area contributed by atoms with Gasteiger partial charge in [0.2, 0.25) is 5.91 Å². The Morgan fingerprint density at radius 1 is 1.24 bits per heavy atom. The lowest BCUT2D eigenvalue weighted by atomic mass is 10.1. The Bertz CT molecular complexity index is 322. The molecule has 0 saturated heterocycles. The van der Waals surface area contributed by atoms with E-state index in [4.69, 9.17) is 0 Å². The molecule has 1 N–H and O–H groups in total. The number of nitrogens with one attached hydrogen (secondary N) is 1. The minimum Gasteiger partial charge on any atom is -0.356 e. The van der Waals surface area contributed by atoms with Crippen LogP contribution in [0.3, 0.4) is 0 Å². The van der Waals surface area contributed by atoms with Gasteiger partial charge in [-0.1, -0.05) is 30.3 Å². The third kappa shape index (κ3) is 6.74. The maximum atomic E-state index is 11.5. The van der Waals surface area contributed by atoms with E-state index >= 15 is 0 Å². The molecule has 0 fully saturated rings. The Kier molecular flexibility index (Phi) is 6.33. The summed E-state index contributed by atoms with van der Waals surface area (Å²) in [6.07, 6.45) is 2.44. The Morgan fingerprint density at radius 2 is 1.94 bits per heavy atom. The molecule has 0 spiro atoms. The second kappa shape index (κ2) is 7.85. The van der Waals surface area contributed by atoms with E-state index in [-0.39, 0.29) is 5.91 Å². The smallest absolute Gasteiger partial charge is 0.220 e. The fraction of sp³-hybridized carbons (Fsp3) is 0.500. The Balaban J connectivity index is 2.08. The highest BCUT2D eigenvalue weighted by Crippen LogP contribution is 1.98. The standard InChI is InChI=1S/C14H22N2O/c1-16(2)12-6-9-14(17)15-11-10-13-7-4-3-5-8-13/h3-5,7-8H,6,9-12H2,1-2H3,(H,15,17). The SMILES string of the molecule is CN(C)CCCC(=O)NCCc1ccccc1. The molecular formula is C14H22N2O. The van der Waals surface area contributed by atoms with E-state index in [1.54, 1.807) is 0 Å². The fourth-order valence-electron chi connectivity index (χ4n) is 1.64. The second-order valence-electron chi connectivity index (χ2n) is 4.49. The molecule has 0 aromatic heterocycles. The predicted molar refractivity (Wildman–Crippen MR) is 70.9 cm³/mol. The number of benzene rings is 1. The number of carbonyl (C=O) groups excluding carboxylic acids is 1. The van der Waals surface area contributed by atoms with Gasteiger partial charge in [0.1, 0.15) is 0 Å². The highest BCUT2D eigenvalue weighted by Gasteiger charge is 2.01. The molecule has 0 bridgehead atoms. The first-order valence-corrected chi connectivity index (χ1v) is 6.14. The van der Waals surface area contributed by atoms with Crippen LogP contribution in [-0.2, 0) is 11.2 Å². The molecule has 0 atom stereocenters. The van der Waals surface area contributed by atoms with Crippen molar-refractivity contribution in [3.05, 3.63) is 35.9 Å². The molecule has 0 aliphatic heterocycles. The number of hydrogen-bond acceptors (Lipinski definition) is 2. The van der Waals surface area contributed by atoms with Gasteiger partial charge in [0, 0.05) is 13.0 Å². The lowest BCUT2D eigenvalue weighted by molar-refractivity contribution is -0.121. The van der Waals surface area contributed by atoms with Crippen molar-refractivity contribution in [2.24, 2.45) is 0 Å². The molecule has 0 radical (unpaired) electrons. The number of nitrogens with zero attached hydrogens (tertiary/aromatic N) is 1. The number of amides is 1. The van der Waals surface area contributed by atoms with Crippen LogP contribution in [0.4, 0.5) is 0 Å². The molecule has 17 heavy (non-hydrogen) atoms. The molecule has 0 saturated carbocycles. The molecule has 1 aromatic rings. The minimum absolute atomic E-state index is 0.155. The molecule has 0 aliphatic rings. The topological polar surface area (TPSA) is 32.3 Å². The monoisotopic (exact) mass is 234 g/mol. The first-order chi connectivity index (χ1) is 8.18. The van der Waals surface area contributed by atoms with E-state index in [0.717, 1.165) is 25.9 Å². The van der Waals surface area contributed by atoms with Crippen LogP contribution < -0.4 is 5.32 Å². The zero-order valence-corrected chi connectivity index (χ0v) is 10.8. The van der Waals surface area contributed by atoms with Crippen molar-refractivity contribution >= 4 is 5.91 Å². The van der Waals surface area contributed by atoms with Crippen LogP contribution in [0.25, 0.3) is 0 Å². The summed E-state index contributed by atoms with van der Waals surface area (Å²) in [4.78, 5) is 13.6. The molecule has 1 rings (SSSR count). The van der Waals surface area contributed by atoms with E-state index in [1.165, 1.54) is 5.56 Å². The van der Waals surface area contributed by atoms with E-state index in [0.29, 0.717) is 6.42 Å². The van der Waals surface area contributed by atoms with Crippen molar-refractivity contribution < 1.29 is 4.79 Å². The normalized spacial score (nSPS) is 10.5. The number of carbonyl (C=O) groups is 1. The van der Waals surface area contributed by atoms with E-state index in [9.17, 15) is 4.79 Å². The first kappa shape index (κ1) is 13.7. The Hall–Kier alpha value is -1.35. The summed E-state index contributed by atoms with van der Waals surface area (Å²) in [5.74, 6) is 0.155. The predicted octanol–water partition coefficient (Wildman–Crippen LogP) is 1.69. The van der Waals surface area contributed by atoms with Gasteiger partial charge in [-0.25, -0.2) is 0 Å². The lowest BCUT2D eigenvalue weighted by Gasteiger charge is -2.09. The van der Waals surface area contributed by atoms with Crippen LogP contribution in [0.15, 0.2) is 30.3 Å². The van der Waals surface area contributed by atoms with Crippen molar-refractivity contribution in [2.75, 3.05) is 27.2 Å². The lowest BCUT2D eigenvalue weighted by Crippen LogP contribution is -2.26. The van der Waals surface area contributed by atoms with E-state index in [2.05, 4.69) is 22.3 Å². The zero-order chi connectivity index (χ0) is 12.5. The molecule has 0 unspecified atom stereocenters. The molecule has 3 nitrogen and oxygen atoms in total. The summed E-state index contributed by atoms with van der Waals surface area (Å²) in [6.45, 7) is 1.69. The van der Waals surface area contributed by atoms with Gasteiger partial charge in [0.15, 0.2) is 0 Å². The number of rotatable bonds is 7. The molecule has 0 heterocycles. The van der Waals surface area contributed by atoms with Gasteiger partial charge in [-0.15, -0.1) is 0 Å². The van der Waals surface area contributed by atoms with Gasteiger partial charge in [-0.05, 0) is 39.0 Å². The fourth-order valence-corrected chi connectivity index (χ4v) is 1.64. The Morgan fingerprint density at radius 3 is 2.59 bits per heavy atom. The zero-order valence-electron chi connectivity index (χ0n) is 10.8. The summed E-state index contributed by atoms with van der Waals surface area (Å²) < 4.78 is 0. The van der Waals surface area contributed by atoms with Crippen molar-refractivity contribution in [1.29, 1.82) is 0 Å². The van der Waals surface area contributed by atoms with Gasteiger partial charge >= 0.3 is 0 Å². The second-order valence-corrected chi connectivity index (χ2v) is 4.49. The first-order valence-electron chi connectivity index (χ1n) is 6.14. The molecule has 0 aliphatic carbocycles. The minimum atomic E-state index is 0.155. The largest absolute Gasteiger partial charge is 0.356 e. The summed E-state index contributed by atoms with van der Waals surface area (Å²) in [7, 11) is 4.04. The van der Waals surface area contributed by atoms with Gasteiger partial charge in [-0.2, -0.15) is 0 Å². The molecule has 94 valence electrons. The van der Waals surface area contributed by atoms with Gasteiger partial charge in [0.25, 0.3) is 0 Å². The molecular weight excluding hydrogens is 212 g/mol. The van der Waals surface area contributed by atoms with Gasteiger partial charge in [0.05, 0.1) is 0 Å². The van der Waals surface area contributed by atoms with Crippen LogP contribution in [0.2, 0.25) is 0 Å². The third-order valence-electron chi connectivity index (χ3n) is 2.59. The van der Waals surface area contributed by atoms with Crippen LogP contribution in [0, 0.1) is 0 Å². The van der Waals surface area contributed by atoms with Gasteiger partial charge < -0.3 is 10.2 Å². The average molecular weight is 234 g/mol.